The Bertz CT molecular complexity index is 1260. The van der Waals surface area contributed by atoms with Gasteiger partial charge in [0, 0.05) is 10.0 Å². The summed E-state index contributed by atoms with van der Waals surface area (Å²) in [4.78, 5) is 37.7. The fourth-order valence-corrected chi connectivity index (χ4v) is 3.68. The summed E-state index contributed by atoms with van der Waals surface area (Å²) in [5, 5.41) is 11.5. The first-order valence-corrected chi connectivity index (χ1v) is 10.1. The van der Waals surface area contributed by atoms with Crippen molar-refractivity contribution in [3.63, 3.8) is 0 Å². The highest BCUT2D eigenvalue weighted by Crippen LogP contribution is 2.27. The van der Waals surface area contributed by atoms with Gasteiger partial charge in [0.05, 0.1) is 11.3 Å². The second-order valence-corrected chi connectivity index (χ2v) is 7.82. The SMILES string of the molecule is O=C1NC(=S)N(c2cccc(Br)c2)C(=O)/C1=C\c1ccc(-c2ccc(C(=O)O)cc2)o1. The molecule has 0 saturated carbocycles. The van der Waals surface area contributed by atoms with Crippen LogP contribution in [-0.4, -0.2) is 28.0 Å². The summed E-state index contributed by atoms with van der Waals surface area (Å²) in [5.41, 5.74) is 1.20. The maximum atomic E-state index is 13.0. The first-order chi connectivity index (χ1) is 14.8. The molecule has 1 aliphatic heterocycles. The lowest BCUT2D eigenvalue weighted by atomic mass is 10.1. The van der Waals surface area contributed by atoms with Crippen molar-refractivity contribution < 1.29 is 23.9 Å². The van der Waals surface area contributed by atoms with Crippen molar-refractivity contribution in [1.82, 2.24) is 5.32 Å². The number of rotatable bonds is 4. The lowest BCUT2D eigenvalue weighted by Crippen LogP contribution is -2.54. The largest absolute Gasteiger partial charge is 0.478 e. The van der Waals surface area contributed by atoms with Gasteiger partial charge in [-0.2, -0.15) is 0 Å². The second-order valence-electron chi connectivity index (χ2n) is 6.52. The Kier molecular flexibility index (Phi) is 5.53. The normalized spacial score (nSPS) is 15.3. The van der Waals surface area contributed by atoms with Crippen LogP contribution in [0.4, 0.5) is 5.69 Å². The van der Waals surface area contributed by atoms with Gasteiger partial charge in [-0.15, -0.1) is 0 Å². The van der Waals surface area contributed by atoms with Crippen LogP contribution in [-0.2, 0) is 9.59 Å². The molecule has 1 fully saturated rings. The summed E-state index contributed by atoms with van der Waals surface area (Å²) >= 11 is 8.54. The molecule has 2 heterocycles. The van der Waals surface area contributed by atoms with E-state index in [9.17, 15) is 14.4 Å². The highest BCUT2D eigenvalue weighted by Gasteiger charge is 2.34. The fourth-order valence-electron chi connectivity index (χ4n) is 3.01. The van der Waals surface area contributed by atoms with Gasteiger partial charge in [0.25, 0.3) is 11.8 Å². The van der Waals surface area contributed by atoms with Crippen molar-refractivity contribution in [1.29, 1.82) is 0 Å². The van der Waals surface area contributed by atoms with Gasteiger partial charge in [-0.25, -0.2) is 4.79 Å². The number of carbonyl (C=O) groups is 3. The Morgan fingerprint density at radius 3 is 2.52 bits per heavy atom. The molecule has 0 bridgehead atoms. The van der Waals surface area contributed by atoms with Crippen LogP contribution >= 0.6 is 28.1 Å². The summed E-state index contributed by atoms with van der Waals surface area (Å²) in [6, 6.07) is 16.4. The number of halogens is 1. The molecular weight excluding hydrogens is 484 g/mol. The minimum absolute atomic E-state index is 0.0103. The summed E-state index contributed by atoms with van der Waals surface area (Å²) in [6.45, 7) is 0. The number of hydrogen-bond donors (Lipinski definition) is 2. The van der Waals surface area contributed by atoms with Crippen LogP contribution in [0.25, 0.3) is 17.4 Å². The molecule has 0 atom stereocenters. The van der Waals surface area contributed by atoms with Gasteiger partial charge in [-0.3, -0.25) is 19.8 Å². The van der Waals surface area contributed by atoms with Gasteiger partial charge >= 0.3 is 5.97 Å². The molecule has 0 unspecified atom stereocenters. The van der Waals surface area contributed by atoms with E-state index >= 15 is 0 Å². The third kappa shape index (κ3) is 4.18. The van der Waals surface area contributed by atoms with Gasteiger partial charge in [0.15, 0.2) is 5.11 Å². The molecule has 1 saturated heterocycles. The zero-order valence-electron chi connectivity index (χ0n) is 15.7. The van der Waals surface area contributed by atoms with Crippen LogP contribution in [0.15, 0.2) is 75.1 Å². The second kappa shape index (κ2) is 8.29. The average Bonchev–Trinajstić information content (AvgIpc) is 3.20. The number of aromatic carboxylic acids is 1. The lowest BCUT2D eigenvalue weighted by molar-refractivity contribution is -0.122. The van der Waals surface area contributed by atoms with E-state index in [1.165, 1.54) is 23.1 Å². The maximum absolute atomic E-state index is 13.0. The van der Waals surface area contributed by atoms with Gasteiger partial charge in [-0.1, -0.05) is 34.1 Å². The molecule has 0 spiro atoms. The third-order valence-corrected chi connectivity index (χ3v) is 5.28. The Morgan fingerprint density at radius 1 is 1.10 bits per heavy atom. The molecule has 31 heavy (non-hydrogen) atoms. The molecule has 2 amide bonds. The van der Waals surface area contributed by atoms with Gasteiger partial charge in [0.1, 0.15) is 17.1 Å². The van der Waals surface area contributed by atoms with Crippen molar-refractivity contribution in [3.05, 3.63) is 82.0 Å². The number of carbonyl (C=O) groups excluding carboxylic acids is 2. The minimum Gasteiger partial charge on any atom is -0.478 e. The molecule has 0 radical (unpaired) electrons. The summed E-state index contributed by atoms with van der Waals surface area (Å²) in [7, 11) is 0. The van der Waals surface area contributed by atoms with Crippen molar-refractivity contribution in [3.8, 4) is 11.3 Å². The zero-order valence-corrected chi connectivity index (χ0v) is 18.1. The molecule has 7 nitrogen and oxygen atoms in total. The molecule has 4 rings (SSSR count). The number of hydrogen-bond acceptors (Lipinski definition) is 5. The monoisotopic (exact) mass is 496 g/mol. The molecule has 3 aromatic rings. The molecule has 2 aromatic carbocycles. The number of thiocarbonyl (C=S) groups is 1. The van der Waals surface area contributed by atoms with E-state index in [0.29, 0.717) is 17.0 Å². The van der Waals surface area contributed by atoms with Gasteiger partial charge in [-0.05, 0) is 60.8 Å². The number of furan rings is 1. The molecular formula is C22H13BrN2O5S. The number of nitrogens with one attached hydrogen (secondary N) is 1. The topological polar surface area (TPSA) is 99.9 Å². The van der Waals surface area contributed by atoms with E-state index in [-0.39, 0.29) is 22.0 Å². The van der Waals surface area contributed by atoms with E-state index in [2.05, 4.69) is 21.2 Å². The first kappa shape index (κ1) is 20.7. The summed E-state index contributed by atoms with van der Waals surface area (Å²) in [6.07, 6.45) is 1.35. The van der Waals surface area contributed by atoms with Crippen molar-refractivity contribution in [2.24, 2.45) is 0 Å². The highest BCUT2D eigenvalue weighted by atomic mass is 79.9. The molecule has 9 heteroatoms. The maximum Gasteiger partial charge on any atom is 0.335 e. The van der Waals surface area contributed by atoms with E-state index in [1.807, 2.05) is 6.07 Å². The molecule has 0 aliphatic carbocycles. The number of nitrogens with zero attached hydrogens (tertiary/aromatic N) is 1. The number of benzene rings is 2. The summed E-state index contributed by atoms with van der Waals surface area (Å²) < 4.78 is 6.50. The number of amides is 2. The van der Waals surface area contributed by atoms with Crippen molar-refractivity contribution >= 4 is 62.8 Å². The molecule has 2 N–H and O–H groups in total. The van der Waals surface area contributed by atoms with Gasteiger partial charge in [0.2, 0.25) is 0 Å². The van der Waals surface area contributed by atoms with E-state index in [4.69, 9.17) is 21.7 Å². The van der Waals surface area contributed by atoms with E-state index in [0.717, 1.165) is 4.47 Å². The van der Waals surface area contributed by atoms with Crippen LogP contribution in [0.5, 0.6) is 0 Å². The Balaban J connectivity index is 1.64. The van der Waals surface area contributed by atoms with Crippen LogP contribution in [0.1, 0.15) is 16.1 Å². The molecule has 154 valence electrons. The lowest BCUT2D eigenvalue weighted by Gasteiger charge is -2.28. The smallest absolute Gasteiger partial charge is 0.335 e. The Labute approximate surface area is 190 Å². The quantitative estimate of drug-likeness (QED) is 0.318. The van der Waals surface area contributed by atoms with E-state index < -0.39 is 17.8 Å². The molecule has 1 aliphatic rings. The zero-order chi connectivity index (χ0) is 22.1. The fraction of sp³-hybridized carbons (Fsp3) is 0. The number of carboxylic acid groups (broad SMARTS) is 1. The predicted molar refractivity (Wildman–Crippen MR) is 121 cm³/mol. The Hall–Kier alpha value is -3.56. The van der Waals surface area contributed by atoms with Crippen LogP contribution in [0, 0.1) is 0 Å². The molecule has 1 aromatic heterocycles. The predicted octanol–water partition coefficient (Wildman–Crippen LogP) is 4.24. The van der Waals surface area contributed by atoms with Gasteiger partial charge < -0.3 is 9.52 Å². The number of carboxylic acids is 1. The van der Waals surface area contributed by atoms with Crippen molar-refractivity contribution in [2.75, 3.05) is 4.90 Å². The van der Waals surface area contributed by atoms with Crippen LogP contribution < -0.4 is 10.2 Å². The van der Waals surface area contributed by atoms with E-state index in [1.54, 1.807) is 42.5 Å². The van der Waals surface area contributed by atoms with Crippen LogP contribution in [0.2, 0.25) is 0 Å². The highest BCUT2D eigenvalue weighted by molar-refractivity contribution is 9.10. The van der Waals surface area contributed by atoms with Crippen LogP contribution in [0.3, 0.4) is 0 Å². The Morgan fingerprint density at radius 2 is 1.84 bits per heavy atom. The first-order valence-electron chi connectivity index (χ1n) is 8.94. The summed E-state index contributed by atoms with van der Waals surface area (Å²) in [5.74, 6) is -1.46. The van der Waals surface area contributed by atoms with Crippen molar-refractivity contribution in [2.45, 2.75) is 0 Å². The number of anilines is 1. The third-order valence-electron chi connectivity index (χ3n) is 4.50. The average molecular weight is 497 g/mol. The minimum atomic E-state index is -1.02. The standard InChI is InChI=1S/C22H13BrN2O5S/c23-14-2-1-3-15(10-14)25-20(27)17(19(26)24-22(25)31)11-16-8-9-18(30-16)12-4-6-13(7-5-12)21(28)29/h1-11H,(H,28,29)(H,24,26,31)/b17-11-.